The van der Waals surface area contributed by atoms with Crippen LogP contribution in [0.3, 0.4) is 0 Å². The highest BCUT2D eigenvalue weighted by atomic mass is 16.5. The molecule has 1 aromatic carbocycles. The summed E-state index contributed by atoms with van der Waals surface area (Å²) in [6, 6.07) is 7.06. The van der Waals surface area contributed by atoms with Gasteiger partial charge in [0.25, 0.3) is 5.91 Å². The molecule has 0 bridgehead atoms. The van der Waals surface area contributed by atoms with Crippen LogP contribution in [0.4, 0.5) is 5.69 Å². The van der Waals surface area contributed by atoms with Gasteiger partial charge in [0.15, 0.2) is 0 Å². The third-order valence-corrected chi connectivity index (χ3v) is 5.27. The van der Waals surface area contributed by atoms with Gasteiger partial charge in [0, 0.05) is 18.9 Å². The molecule has 4 rings (SSSR count). The summed E-state index contributed by atoms with van der Waals surface area (Å²) < 4.78 is 5.52. The van der Waals surface area contributed by atoms with Gasteiger partial charge < -0.3 is 9.64 Å². The van der Waals surface area contributed by atoms with Crippen molar-refractivity contribution in [3.63, 3.8) is 0 Å². The van der Waals surface area contributed by atoms with Crippen LogP contribution >= 0.6 is 0 Å². The van der Waals surface area contributed by atoms with E-state index >= 15 is 0 Å². The van der Waals surface area contributed by atoms with Gasteiger partial charge in [-0.05, 0) is 31.4 Å². The van der Waals surface area contributed by atoms with Gasteiger partial charge in [0.2, 0.25) is 11.6 Å². The summed E-state index contributed by atoms with van der Waals surface area (Å²) in [5.74, 6) is -0.768. The van der Waals surface area contributed by atoms with Crippen LogP contribution in [-0.4, -0.2) is 41.0 Å². The molecule has 2 amide bonds. The number of carbonyl (C=O) groups is 3. The van der Waals surface area contributed by atoms with Crippen LogP contribution in [0.2, 0.25) is 0 Å². The molecule has 2 fully saturated rings. The Morgan fingerprint density at radius 1 is 1.28 bits per heavy atom. The van der Waals surface area contributed by atoms with Crippen molar-refractivity contribution in [2.75, 3.05) is 11.5 Å². The molecule has 0 N–H and O–H groups in total. The number of fused-ring (bicyclic) bond motifs is 3. The molecule has 2 aliphatic heterocycles. The van der Waals surface area contributed by atoms with E-state index in [0.717, 1.165) is 25.7 Å². The second-order valence-electron chi connectivity index (χ2n) is 6.96. The highest BCUT2D eigenvalue weighted by Gasteiger charge is 2.64. The van der Waals surface area contributed by atoms with Crippen molar-refractivity contribution in [3.05, 3.63) is 29.8 Å². The first-order valence-electron chi connectivity index (χ1n) is 9.04. The van der Waals surface area contributed by atoms with Crippen LogP contribution in [-0.2, 0) is 14.3 Å². The third kappa shape index (κ3) is 2.27. The lowest BCUT2D eigenvalue weighted by Crippen LogP contribution is -2.69. The maximum absolute atomic E-state index is 13.2. The summed E-state index contributed by atoms with van der Waals surface area (Å²) in [6.45, 7) is 2.34. The molecule has 0 unspecified atom stereocenters. The molecule has 1 atom stereocenters. The second kappa shape index (κ2) is 5.86. The summed E-state index contributed by atoms with van der Waals surface area (Å²) >= 11 is 0. The lowest BCUT2D eigenvalue weighted by molar-refractivity contribution is -0.157. The molecular formula is C19H22N2O4. The SMILES string of the molecule is CCCCOC(=O)[C@]12CCC(=O)N1c1ccccc1C(=O)N2C1CC1. The number of esters is 1. The summed E-state index contributed by atoms with van der Waals surface area (Å²) in [4.78, 5) is 42.1. The molecule has 1 saturated carbocycles. The van der Waals surface area contributed by atoms with Gasteiger partial charge in [-0.25, -0.2) is 4.79 Å². The Bertz CT molecular complexity index is 743. The zero-order chi connectivity index (χ0) is 17.6. The number of para-hydroxylation sites is 1. The first kappa shape index (κ1) is 16.1. The Balaban J connectivity index is 1.82. The predicted octanol–water partition coefficient (Wildman–Crippen LogP) is 2.47. The van der Waals surface area contributed by atoms with Crippen molar-refractivity contribution in [2.24, 2.45) is 0 Å². The molecule has 132 valence electrons. The van der Waals surface area contributed by atoms with Crippen LogP contribution in [0, 0.1) is 0 Å². The topological polar surface area (TPSA) is 66.9 Å². The standard InChI is InChI=1S/C19H22N2O4/c1-2-3-12-25-18(24)19-11-10-16(22)21(19)15-7-5-4-6-14(15)17(23)20(19)13-8-9-13/h4-7,13H,2-3,8-12H2,1H3/t19-/m0/s1. The van der Waals surface area contributed by atoms with Gasteiger partial charge in [0.1, 0.15) is 0 Å². The summed E-state index contributed by atoms with van der Waals surface area (Å²) in [6.07, 6.45) is 3.95. The molecule has 0 aromatic heterocycles. The van der Waals surface area contributed by atoms with Gasteiger partial charge in [-0.15, -0.1) is 0 Å². The monoisotopic (exact) mass is 342 g/mol. The summed E-state index contributed by atoms with van der Waals surface area (Å²) in [7, 11) is 0. The van der Waals surface area contributed by atoms with Gasteiger partial charge in [-0.1, -0.05) is 25.5 Å². The second-order valence-corrected chi connectivity index (χ2v) is 6.96. The molecule has 1 saturated heterocycles. The van der Waals surface area contributed by atoms with Gasteiger partial charge in [-0.2, -0.15) is 0 Å². The quantitative estimate of drug-likeness (QED) is 0.609. The zero-order valence-corrected chi connectivity index (χ0v) is 14.4. The van der Waals surface area contributed by atoms with E-state index in [-0.39, 0.29) is 24.3 Å². The number of carbonyl (C=O) groups excluding carboxylic acids is 3. The third-order valence-electron chi connectivity index (χ3n) is 5.27. The van der Waals surface area contributed by atoms with Gasteiger partial charge in [0.05, 0.1) is 17.9 Å². The molecule has 25 heavy (non-hydrogen) atoms. The maximum atomic E-state index is 13.2. The highest BCUT2D eigenvalue weighted by Crippen LogP contribution is 2.49. The number of hydrogen-bond donors (Lipinski definition) is 0. The smallest absolute Gasteiger partial charge is 0.353 e. The minimum absolute atomic E-state index is 0.00739. The van der Waals surface area contributed by atoms with E-state index in [4.69, 9.17) is 4.74 Å². The van der Waals surface area contributed by atoms with Crippen molar-refractivity contribution < 1.29 is 19.1 Å². The number of amides is 2. The Labute approximate surface area is 146 Å². The average molecular weight is 342 g/mol. The molecule has 0 radical (unpaired) electrons. The van der Waals surface area contributed by atoms with Crippen molar-refractivity contribution in [2.45, 2.75) is 57.2 Å². The first-order valence-corrected chi connectivity index (χ1v) is 9.04. The van der Waals surface area contributed by atoms with Crippen molar-refractivity contribution in [3.8, 4) is 0 Å². The average Bonchev–Trinajstić information content (AvgIpc) is 3.38. The van der Waals surface area contributed by atoms with Crippen LogP contribution in [0.15, 0.2) is 24.3 Å². The molecule has 6 nitrogen and oxygen atoms in total. The van der Waals surface area contributed by atoms with E-state index in [1.165, 1.54) is 4.90 Å². The molecule has 2 heterocycles. The van der Waals surface area contributed by atoms with E-state index in [2.05, 4.69) is 0 Å². The fourth-order valence-corrected chi connectivity index (χ4v) is 3.94. The molecule has 6 heteroatoms. The minimum Gasteiger partial charge on any atom is -0.463 e. The highest BCUT2D eigenvalue weighted by molar-refractivity contribution is 6.15. The molecular weight excluding hydrogens is 320 g/mol. The largest absolute Gasteiger partial charge is 0.463 e. The lowest BCUT2D eigenvalue weighted by atomic mass is 9.96. The Morgan fingerprint density at radius 3 is 2.76 bits per heavy atom. The van der Waals surface area contributed by atoms with Crippen molar-refractivity contribution in [1.82, 2.24) is 4.90 Å². The maximum Gasteiger partial charge on any atom is 0.353 e. The van der Waals surface area contributed by atoms with E-state index in [1.807, 2.05) is 6.92 Å². The summed E-state index contributed by atoms with van der Waals surface area (Å²) in [5, 5.41) is 0. The van der Waals surface area contributed by atoms with Crippen molar-refractivity contribution >= 4 is 23.5 Å². The zero-order valence-electron chi connectivity index (χ0n) is 14.4. The molecule has 3 aliphatic rings. The number of anilines is 1. The number of benzene rings is 1. The number of nitrogens with zero attached hydrogens (tertiary/aromatic N) is 2. The molecule has 1 aromatic rings. The Morgan fingerprint density at radius 2 is 2.04 bits per heavy atom. The van der Waals surface area contributed by atoms with Gasteiger partial charge in [-0.3, -0.25) is 14.5 Å². The molecule has 1 aliphatic carbocycles. The van der Waals surface area contributed by atoms with E-state index in [9.17, 15) is 14.4 Å². The number of ether oxygens (including phenoxy) is 1. The number of rotatable bonds is 5. The van der Waals surface area contributed by atoms with Crippen LogP contribution in [0.5, 0.6) is 0 Å². The van der Waals surface area contributed by atoms with Crippen LogP contribution in [0.25, 0.3) is 0 Å². The Hall–Kier alpha value is -2.37. The van der Waals surface area contributed by atoms with E-state index in [0.29, 0.717) is 24.3 Å². The van der Waals surface area contributed by atoms with E-state index in [1.54, 1.807) is 29.2 Å². The number of unbranched alkanes of at least 4 members (excludes halogenated alkanes) is 1. The first-order chi connectivity index (χ1) is 12.1. The minimum atomic E-state index is -1.31. The lowest BCUT2D eigenvalue weighted by Gasteiger charge is -2.48. The van der Waals surface area contributed by atoms with Crippen LogP contribution in [0.1, 0.15) is 55.8 Å². The molecule has 0 spiro atoms. The van der Waals surface area contributed by atoms with Gasteiger partial charge >= 0.3 is 5.97 Å². The number of hydrogen-bond acceptors (Lipinski definition) is 4. The normalized spacial score (nSPS) is 25.0. The predicted molar refractivity (Wildman–Crippen MR) is 91.0 cm³/mol. The van der Waals surface area contributed by atoms with Crippen molar-refractivity contribution in [1.29, 1.82) is 0 Å². The fourth-order valence-electron chi connectivity index (χ4n) is 3.94. The summed E-state index contributed by atoms with van der Waals surface area (Å²) in [5.41, 5.74) is -0.293. The van der Waals surface area contributed by atoms with E-state index < -0.39 is 11.6 Å². The Kier molecular flexibility index (Phi) is 3.78. The fraction of sp³-hybridized carbons (Fsp3) is 0.526. The van der Waals surface area contributed by atoms with Crippen LogP contribution < -0.4 is 4.90 Å².